The molecule has 0 atom stereocenters. The molecule has 0 radical (unpaired) electrons. The maximum Gasteiger partial charge on any atom is 0.257 e. The molecular formula is C14H16N2OS2. The third-order valence-corrected chi connectivity index (χ3v) is 3.64. The van der Waals surface area contributed by atoms with Crippen molar-refractivity contribution in [1.82, 2.24) is 4.98 Å². The molecule has 1 amide bonds. The van der Waals surface area contributed by atoms with Crippen LogP contribution in [-0.2, 0) is 5.41 Å². The van der Waals surface area contributed by atoms with Gasteiger partial charge in [0.25, 0.3) is 5.91 Å². The van der Waals surface area contributed by atoms with E-state index in [0.29, 0.717) is 10.7 Å². The number of aromatic nitrogens is 1. The van der Waals surface area contributed by atoms with E-state index in [1.54, 1.807) is 18.2 Å². The van der Waals surface area contributed by atoms with E-state index in [1.165, 1.54) is 11.3 Å². The van der Waals surface area contributed by atoms with Crippen molar-refractivity contribution in [2.45, 2.75) is 31.1 Å². The van der Waals surface area contributed by atoms with Gasteiger partial charge in [0.1, 0.15) is 0 Å². The van der Waals surface area contributed by atoms with E-state index in [9.17, 15) is 4.79 Å². The second-order valence-electron chi connectivity index (χ2n) is 5.29. The highest BCUT2D eigenvalue weighted by atomic mass is 32.1. The number of hydrogen-bond donors (Lipinski definition) is 2. The van der Waals surface area contributed by atoms with Crippen LogP contribution in [0.15, 0.2) is 34.5 Å². The molecule has 0 saturated heterocycles. The van der Waals surface area contributed by atoms with Gasteiger partial charge >= 0.3 is 0 Å². The molecule has 0 spiro atoms. The lowest BCUT2D eigenvalue weighted by Gasteiger charge is -2.14. The van der Waals surface area contributed by atoms with Crippen LogP contribution in [-0.4, -0.2) is 10.9 Å². The third-order valence-electron chi connectivity index (χ3n) is 2.60. The van der Waals surface area contributed by atoms with Crippen LogP contribution in [0.25, 0.3) is 0 Å². The summed E-state index contributed by atoms with van der Waals surface area (Å²) in [5.41, 5.74) is 1.56. The van der Waals surface area contributed by atoms with Gasteiger partial charge in [-0.15, -0.1) is 24.0 Å². The number of thiazole rings is 1. The Balaban J connectivity index is 2.13. The van der Waals surface area contributed by atoms with Gasteiger partial charge in [0.15, 0.2) is 5.13 Å². The van der Waals surface area contributed by atoms with Gasteiger partial charge < -0.3 is 0 Å². The van der Waals surface area contributed by atoms with Crippen LogP contribution in [0.2, 0.25) is 0 Å². The number of thiol groups is 1. The van der Waals surface area contributed by atoms with Crippen LogP contribution in [0.1, 0.15) is 36.8 Å². The first-order valence-electron chi connectivity index (χ1n) is 5.92. The number of hydrogen-bond acceptors (Lipinski definition) is 4. The monoisotopic (exact) mass is 292 g/mol. The third kappa shape index (κ3) is 3.58. The quantitative estimate of drug-likeness (QED) is 0.822. The fraction of sp³-hybridized carbons (Fsp3) is 0.286. The highest BCUT2D eigenvalue weighted by Crippen LogP contribution is 2.26. The van der Waals surface area contributed by atoms with Gasteiger partial charge in [-0.3, -0.25) is 10.1 Å². The van der Waals surface area contributed by atoms with Gasteiger partial charge in [0, 0.05) is 21.3 Å². The molecule has 5 heteroatoms. The Kier molecular flexibility index (Phi) is 3.96. The van der Waals surface area contributed by atoms with Gasteiger partial charge in [-0.1, -0.05) is 26.8 Å². The molecule has 0 fully saturated rings. The molecule has 1 N–H and O–H groups in total. The van der Waals surface area contributed by atoms with E-state index in [4.69, 9.17) is 0 Å². The minimum absolute atomic E-state index is 0.00943. The predicted octanol–water partition coefficient (Wildman–Crippen LogP) is 3.98. The molecule has 2 rings (SSSR count). The van der Waals surface area contributed by atoms with Crippen LogP contribution in [0.5, 0.6) is 0 Å². The molecule has 0 aliphatic heterocycles. The maximum atomic E-state index is 12.0. The highest BCUT2D eigenvalue weighted by molar-refractivity contribution is 7.80. The SMILES string of the molecule is CC(C)(C)c1csc(NC(=O)c2cccc(S)c2)n1. The average molecular weight is 292 g/mol. The summed E-state index contributed by atoms with van der Waals surface area (Å²) in [6.45, 7) is 6.29. The topological polar surface area (TPSA) is 42.0 Å². The summed E-state index contributed by atoms with van der Waals surface area (Å²) in [6, 6.07) is 7.13. The predicted molar refractivity (Wildman–Crippen MR) is 82.5 cm³/mol. The fourth-order valence-electron chi connectivity index (χ4n) is 1.49. The molecule has 1 aromatic heterocycles. The Morgan fingerprint density at radius 3 is 2.68 bits per heavy atom. The Morgan fingerprint density at radius 2 is 2.11 bits per heavy atom. The average Bonchev–Trinajstić information content (AvgIpc) is 2.77. The maximum absolute atomic E-state index is 12.0. The van der Waals surface area contributed by atoms with Crippen molar-refractivity contribution in [3.8, 4) is 0 Å². The Bertz CT molecular complexity index is 599. The van der Waals surface area contributed by atoms with Crippen molar-refractivity contribution < 1.29 is 4.79 Å². The van der Waals surface area contributed by atoms with Crippen LogP contribution < -0.4 is 5.32 Å². The normalized spacial score (nSPS) is 11.4. The smallest absolute Gasteiger partial charge is 0.257 e. The number of anilines is 1. The number of carbonyl (C=O) groups is 1. The van der Waals surface area contributed by atoms with Gasteiger partial charge in [-0.05, 0) is 18.2 Å². The van der Waals surface area contributed by atoms with Crippen LogP contribution >= 0.6 is 24.0 Å². The summed E-state index contributed by atoms with van der Waals surface area (Å²) < 4.78 is 0. The standard InChI is InChI=1S/C14H16N2OS2/c1-14(2,3)11-8-19-13(15-11)16-12(17)9-5-4-6-10(18)7-9/h4-8,18H,1-3H3,(H,15,16,17). The molecule has 0 aliphatic rings. The molecule has 19 heavy (non-hydrogen) atoms. The van der Waals surface area contributed by atoms with Crippen molar-refractivity contribution >= 4 is 35.0 Å². The lowest BCUT2D eigenvalue weighted by Crippen LogP contribution is -2.14. The highest BCUT2D eigenvalue weighted by Gasteiger charge is 2.18. The number of nitrogens with one attached hydrogen (secondary N) is 1. The zero-order valence-electron chi connectivity index (χ0n) is 11.1. The molecule has 3 nitrogen and oxygen atoms in total. The largest absolute Gasteiger partial charge is 0.298 e. The molecule has 0 aliphatic carbocycles. The van der Waals surface area contributed by atoms with Crippen LogP contribution in [0.4, 0.5) is 5.13 Å². The van der Waals surface area contributed by atoms with Crippen molar-refractivity contribution in [3.05, 3.63) is 40.9 Å². The number of rotatable bonds is 2. The molecular weight excluding hydrogens is 276 g/mol. The van der Waals surface area contributed by atoms with E-state index in [1.807, 2.05) is 11.4 Å². The summed E-state index contributed by atoms with van der Waals surface area (Å²) in [6.07, 6.45) is 0. The minimum Gasteiger partial charge on any atom is -0.298 e. The second kappa shape index (κ2) is 5.35. The van der Waals surface area contributed by atoms with E-state index < -0.39 is 0 Å². The van der Waals surface area contributed by atoms with Crippen LogP contribution in [0, 0.1) is 0 Å². The summed E-state index contributed by atoms with van der Waals surface area (Å²) in [5, 5.41) is 5.41. The van der Waals surface area contributed by atoms with Gasteiger partial charge in [-0.2, -0.15) is 0 Å². The lowest BCUT2D eigenvalue weighted by atomic mass is 9.93. The molecule has 1 aromatic carbocycles. The Labute approximate surface area is 122 Å². The van der Waals surface area contributed by atoms with E-state index in [-0.39, 0.29) is 11.3 Å². The van der Waals surface area contributed by atoms with Gasteiger partial charge in [0.2, 0.25) is 0 Å². The molecule has 100 valence electrons. The first-order chi connectivity index (χ1) is 8.86. The van der Waals surface area contributed by atoms with Gasteiger partial charge in [0.05, 0.1) is 5.69 Å². The minimum atomic E-state index is -0.161. The van der Waals surface area contributed by atoms with Crippen molar-refractivity contribution in [2.24, 2.45) is 0 Å². The van der Waals surface area contributed by atoms with E-state index in [0.717, 1.165) is 10.6 Å². The second-order valence-corrected chi connectivity index (χ2v) is 6.67. The van der Waals surface area contributed by atoms with Crippen LogP contribution in [0.3, 0.4) is 0 Å². The fourth-order valence-corrected chi connectivity index (χ4v) is 2.65. The Morgan fingerprint density at radius 1 is 1.37 bits per heavy atom. The Hall–Kier alpha value is -1.33. The number of amides is 1. The molecule has 0 bridgehead atoms. The zero-order chi connectivity index (χ0) is 14.0. The van der Waals surface area contributed by atoms with Crippen molar-refractivity contribution in [1.29, 1.82) is 0 Å². The summed E-state index contributed by atoms with van der Waals surface area (Å²) in [5.74, 6) is -0.161. The summed E-state index contributed by atoms with van der Waals surface area (Å²) in [4.78, 5) is 17.2. The van der Waals surface area contributed by atoms with Gasteiger partial charge in [-0.25, -0.2) is 4.98 Å². The lowest BCUT2D eigenvalue weighted by molar-refractivity contribution is 0.102. The first-order valence-corrected chi connectivity index (χ1v) is 7.25. The van der Waals surface area contributed by atoms with E-state index >= 15 is 0 Å². The summed E-state index contributed by atoms with van der Waals surface area (Å²) >= 11 is 5.67. The zero-order valence-corrected chi connectivity index (χ0v) is 12.8. The number of carbonyl (C=O) groups excluding carboxylic acids is 1. The number of nitrogens with zero attached hydrogens (tertiary/aromatic N) is 1. The number of benzene rings is 1. The van der Waals surface area contributed by atoms with Crippen molar-refractivity contribution in [3.63, 3.8) is 0 Å². The van der Waals surface area contributed by atoms with E-state index in [2.05, 4.69) is 43.7 Å². The molecule has 2 aromatic rings. The van der Waals surface area contributed by atoms with Crippen molar-refractivity contribution in [2.75, 3.05) is 5.32 Å². The summed E-state index contributed by atoms with van der Waals surface area (Å²) in [7, 11) is 0. The first kappa shape index (κ1) is 14.1. The molecule has 0 unspecified atom stereocenters. The molecule has 0 saturated carbocycles. The molecule has 1 heterocycles.